The quantitative estimate of drug-likeness (QED) is 0.502. The number of hydrogen-bond acceptors (Lipinski definition) is 8. The molecule has 0 saturated heterocycles. The van der Waals surface area contributed by atoms with E-state index in [2.05, 4.69) is 9.98 Å². The van der Waals surface area contributed by atoms with Gasteiger partial charge in [-0.3, -0.25) is 9.98 Å². The van der Waals surface area contributed by atoms with Crippen molar-refractivity contribution in [3.8, 4) is 0 Å². The van der Waals surface area contributed by atoms with Crippen LogP contribution in [-0.4, -0.2) is 37.6 Å². The van der Waals surface area contributed by atoms with Gasteiger partial charge in [0.1, 0.15) is 16.7 Å². The Bertz CT molecular complexity index is 956. The Morgan fingerprint density at radius 3 is 2.33 bits per heavy atom. The Kier molecular flexibility index (Phi) is 7.63. The fraction of sp³-hybridized carbons (Fsp3) is 0.474. The van der Waals surface area contributed by atoms with Gasteiger partial charge < -0.3 is 20.3 Å². The Labute approximate surface area is 157 Å². The van der Waals surface area contributed by atoms with Crippen LogP contribution in [0.25, 0.3) is 11.0 Å². The first-order valence-electron chi connectivity index (χ1n) is 8.98. The summed E-state index contributed by atoms with van der Waals surface area (Å²) in [4.78, 5) is 33.6. The molecule has 2 rings (SSSR count). The second-order valence-corrected chi connectivity index (χ2v) is 6.28. The summed E-state index contributed by atoms with van der Waals surface area (Å²) < 4.78 is 10.4. The lowest BCUT2D eigenvalue weighted by atomic mass is 10.1. The minimum Gasteiger partial charge on any atom is -0.428 e. The Balaban J connectivity index is 2.47. The molecule has 0 atom stereocenters. The van der Waals surface area contributed by atoms with E-state index in [4.69, 9.17) is 20.3 Å². The van der Waals surface area contributed by atoms with Crippen LogP contribution in [0.15, 0.2) is 40.5 Å². The van der Waals surface area contributed by atoms with E-state index in [-0.39, 0.29) is 16.5 Å². The molecule has 0 aliphatic heterocycles. The van der Waals surface area contributed by atoms with Crippen molar-refractivity contribution >= 4 is 22.4 Å². The lowest BCUT2D eigenvalue weighted by Crippen LogP contribution is -2.19. The average molecular weight is 374 g/mol. The zero-order valence-electron chi connectivity index (χ0n) is 15.8. The van der Waals surface area contributed by atoms with Crippen molar-refractivity contribution in [2.75, 3.05) is 26.2 Å². The molecule has 0 unspecified atom stereocenters. The fourth-order valence-corrected chi connectivity index (χ4v) is 2.57. The molecule has 0 aliphatic rings. The topological polar surface area (TPSA) is 137 Å². The van der Waals surface area contributed by atoms with E-state index in [1.807, 2.05) is 6.92 Å². The number of nitrogens with zero attached hydrogens (tertiary/aromatic N) is 2. The normalized spacial score (nSPS) is 12.7. The number of aliphatic imine (C=N–C) groups is 2. The molecular formula is C19H26N4O4. The smallest absolute Gasteiger partial charge is 0.347 e. The number of hydrogen-bond donors (Lipinski definition) is 2. The predicted octanol–water partition coefficient (Wildman–Crippen LogP) is 1.39. The van der Waals surface area contributed by atoms with Gasteiger partial charge in [-0.15, -0.1) is 0 Å². The van der Waals surface area contributed by atoms with E-state index in [9.17, 15) is 9.59 Å². The van der Waals surface area contributed by atoms with Gasteiger partial charge in [0.25, 0.3) is 0 Å². The summed E-state index contributed by atoms with van der Waals surface area (Å²) in [7, 11) is 0. The molecule has 8 heteroatoms. The van der Waals surface area contributed by atoms with Crippen molar-refractivity contribution in [3.05, 3.63) is 44.3 Å². The van der Waals surface area contributed by atoms with Crippen molar-refractivity contribution in [2.45, 2.75) is 33.1 Å². The zero-order chi connectivity index (χ0) is 19.8. The summed E-state index contributed by atoms with van der Waals surface area (Å²) in [5.41, 5.74) is 11.7. The van der Waals surface area contributed by atoms with E-state index in [1.165, 1.54) is 12.1 Å². The molecule has 146 valence electrons. The molecule has 0 fully saturated rings. The van der Waals surface area contributed by atoms with Gasteiger partial charge in [-0.1, -0.05) is 0 Å². The third kappa shape index (κ3) is 5.70. The number of nitrogens with two attached hydrogens (primary N) is 2. The molecule has 0 aliphatic carbocycles. The van der Waals surface area contributed by atoms with Crippen molar-refractivity contribution in [2.24, 2.45) is 21.5 Å². The molecule has 0 aromatic carbocycles. The average Bonchev–Trinajstić information content (AvgIpc) is 2.60. The first-order chi connectivity index (χ1) is 13.0. The van der Waals surface area contributed by atoms with E-state index < -0.39 is 11.3 Å². The van der Waals surface area contributed by atoms with E-state index in [1.54, 1.807) is 6.92 Å². The molecule has 2 aromatic rings. The molecule has 0 saturated carbocycles. The fourth-order valence-electron chi connectivity index (χ4n) is 2.57. The molecular weight excluding hydrogens is 348 g/mol. The van der Waals surface area contributed by atoms with E-state index in [0.717, 1.165) is 12.1 Å². The predicted molar refractivity (Wildman–Crippen MR) is 107 cm³/mol. The lowest BCUT2D eigenvalue weighted by molar-refractivity contribution is 0.478. The Hall–Kier alpha value is -2.58. The summed E-state index contributed by atoms with van der Waals surface area (Å²) in [6.07, 6.45) is 1.85. The summed E-state index contributed by atoms with van der Waals surface area (Å²) in [6, 6.07) is 3.01. The zero-order valence-corrected chi connectivity index (χ0v) is 15.8. The van der Waals surface area contributed by atoms with Gasteiger partial charge in [-0.05, 0) is 45.8 Å². The molecule has 27 heavy (non-hydrogen) atoms. The van der Waals surface area contributed by atoms with Gasteiger partial charge >= 0.3 is 11.3 Å². The molecule has 0 amide bonds. The van der Waals surface area contributed by atoms with Gasteiger partial charge in [0, 0.05) is 31.3 Å². The molecule has 4 N–H and O–H groups in total. The van der Waals surface area contributed by atoms with Gasteiger partial charge in [0.05, 0.1) is 11.3 Å². The SMILES string of the molecule is CC(CC(=NCCCN)c1cc2c(=O)oc(C)cc2oc1=O)=NCCCN. The Morgan fingerprint density at radius 1 is 1.00 bits per heavy atom. The van der Waals surface area contributed by atoms with Crippen molar-refractivity contribution in [1.82, 2.24) is 0 Å². The third-order valence-electron chi connectivity index (χ3n) is 3.93. The van der Waals surface area contributed by atoms with Crippen molar-refractivity contribution in [3.63, 3.8) is 0 Å². The molecule has 0 spiro atoms. The second-order valence-electron chi connectivity index (χ2n) is 6.28. The molecule has 0 bridgehead atoms. The lowest BCUT2D eigenvalue weighted by Gasteiger charge is -2.08. The number of rotatable bonds is 9. The molecule has 2 heterocycles. The van der Waals surface area contributed by atoms with Crippen LogP contribution in [0.3, 0.4) is 0 Å². The Morgan fingerprint density at radius 2 is 1.67 bits per heavy atom. The van der Waals surface area contributed by atoms with Gasteiger partial charge in [-0.25, -0.2) is 9.59 Å². The van der Waals surface area contributed by atoms with Crippen LogP contribution in [-0.2, 0) is 0 Å². The summed E-state index contributed by atoms with van der Waals surface area (Å²) >= 11 is 0. The maximum absolute atomic E-state index is 12.5. The second kappa shape index (κ2) is 9.94. The highest BCUT2D eigenvalue weighted by Crippen LogP contribution is 2.13. The highest BCUT2D eigenvalue weighted by Gasteiger charge is 2.15. The maximum atomic E-state index is 12.5. The van der Waals surface area contributed by atoms with Gasteiger partial charge in [0.15, 0.2) is 0 Å². The summed E-state index contributed by atoms with van der Waals surface area (Å²) in [5.74, 6) is 0.378. The maximum Gasteiger partial charge on any atom is 0.347 e. The highest BCUT2D eigenvalue weighted by atomic mass is 16.4. The summed E-state index contributed by atoms with van der Waals surface area (Å²) in [6.45, 7) is 5.65. The molecule has 8 nitrogen and oxygen atoms in total. The number of fused-ring (bicyclic) bond motifs is 1. The van der Waals surface area contributed by atoms with Crippen LogP contribution in [0.1, 0.15) is 37.5 Å². The van der Waals surface area contributed by atoms with Crippen LogP contribution < -0.4 is 22.7 Å². The molecule has 2 aromatic heterocycles. The first-order valence-corrected chi connectivity index (χ1v) is 8.98. The number of aryl methyl sites for hydroxylation is 1. The minimum atomic E-state index is -0.551. The van der Waals surface area contributed by atoms with Crippen LogP contribution in [0.2, 0.25) is 0 Å². The van der Waals surface area contributed by atoms with Crippen molar-refractivity contribution < 1.29 is 8.83 Å². The molecule has 0 radical (unpaired) electrons. The first kappa shape index (κ1) is 20.7. The van der Waals surface area contributed by atoms with Crippen LogP contribution in [0.4, 0.5) is 0 Å². The van der Waals surface area contributed by atoms with Crippen molar-refractivity contribution in [1.29, 1.82) is 0 Å². The standard InChI is InChI=1S/C19H26N4O4/c1-12(22-7-3-5-20)9-16(23-8-4-6-21)14-11-15-17(27-18(14)24)10-13(2)26-19(15)25/h10-11H,3-9,20-21H2,1-2H3. The summed E-state index contributed by atoms with van der Waals surface area (Å²) in [5, 5.41) is 0.208. The van der Waals surface area contributed by atoms with Gasteiger partial charge in [-0.2, -0.15) is 0 Å². The van der Waals surface area contributed by atoms with E-state index in [0.29, 0.717) is 50.5 Å². The third-order valence-corrected chi connectivity index (χ3v) is 3.93. The van der Waals surface area contributed by atoms with E-state index >= 15 is 0 Å². The monoisotopic (exact) mass is 374 g/mol. The van der Waals surface area contributed by atoms with Crippen LogP contribution in [0.5, 0.6) is 0 Å². The van der Waals surface area contributed by atoms with Crippen LogP contribution in [0, 0.1) is 6.92 Å². The van der Waals surface area contributed by atoms with Crippen LogP contribution >= 0.6 is 0 Å². The largest absolute Gasteiger partial charge is 0.428 e. The minimum absolute atomic E-state index is 0.201. The highest BCUT2D eigenvalue weighted by molar-refractivity contribution is 6.12. The van der Waals surface area contributed by atoms with Gasteiger partial charge in [0.2, 0.25) is 0 Å².